The first-order valence-electron chi connectivity index (χ1n) is 8.00. The molecular weight excluding hydrogens is 348 g/mol. The highest BCUT2D eigenvalue weighted by atomic mass is 32.2. The second-order valence-electron chi connectivity index (χ2n) is 5.72. The maximum atomic E-state index is 11.6. The Bertz CT molecular complexity index is 1030. The summed E-state index contributed by atoms with van der Waals surface area (Å²) in [5, 5.41) is 2.81. The molecule has 2 amide bonds. The minimum absolute atomic E-state index is 0.352. The van der Waals surface area contributed by atoms with Gasteiger partial charge in [0, 0.05) is 5.39 Å². The second-order valence-corrected chi connectivity index (χ2v) is 6.73. The zero-order valence-corrected chi connectivity index (χ0v) is 14.5. The van der Waals surface area contributed by atoms with Crippen molar-refractivity contribution in [1.29, 1.82) is 0 Å². The SMILES string of the molecule is O=C1NC(=O)/C(=C\c2ccc3cc(OCc4ccccc4)ccc3n2)S1. The number of hydrogen-bond donors (Lipinski definition) is 1. The van der Waals surface area contributed by atoms with Gasteiger partial charge in [0.25, 0.3) is 11.1 Å². The Morgan fingerprint density at radius 1 is 1.04 bits per heavy atom. The Hall–Kier alpha value is -3.12. The summed E-state index contributed by atoms with van der Waals surface area (Å²) in [6.45, 7) is 0.504. The van der Waals surface area contributed by atoms with Crippen LogP contribution in [0, 0.1) is 0 Å². The van der Waals surface area contributed by atoms with Crippen LogP contribution >= 0.6 is 11.8 Å². The highest BCUT2D eigenvalue weighted by Gasteiger charge is 2.25. The Morgan fingerprint density at radius 3 is 2.65 bits per heavy atom. The lowest BCUT2D eigenvalue weighted by Gasteiger charge is -2.07. The van der Waals surface area contributed by atoms with Crippen LogP contribution in [0.4, 0.5) is 4.79 Å². The van der Waals surface area contributed by atoms with Crippen molar-refractivity contribution in [3.05, 3.63) is 76.8 Å². The van der Waals surface area contributed by atoms with Gasteiger partial charge in [0.15, 0.2) is 0 Å². The number of hydrogen-bond acceptors (Lipinski definition) is 5. The van der Waals surface area contributed by atoms with E-state index < -0.39 is 0 Å². The number of thioether (sulfide) groups is 1. The number of ether oxygens (including phenoxy) is 1. The highest BCUT2D eigenvalue weighted by Crippen LogP contribution is 2.26. The molecule has 0 radical (unpaired) electrons. The van der Waals surface area contributed by atoms with Crippen LogP contribution in [0.1, 0.15) is 11.3 Å². The number of imide groups is 1. The molecule has 1 saturated heterocycles. The van der Waals surface area contributed by atoms with Crippen molar-refractivity contribution in [2.75, 3.05) is 0 Å². The van der Waals surface area contributed by atoms with Crippen LogP contribution in [-0.4, -0.2) is 16.1 Å². The number of aromatic nitrogens is 1. The molecule has 0 saturated carbocycles. The minimum atomic E-state index is -0.383. The van der Waals surface area contributed by atoms with E-state index in [1.54, 1.807) is 6.08 Å². The van der Waals surface area contributed by atoms with Gasteiger partial charge in [0.1, 0.15) is 12.4 Å². The molecule has 0 spiro atoms. The molecule has 0 bridgehead atoms. The third-order valence-corrected chi connectivity index (χ3v) is 4.66. The van der Waals surface area contributed by atoms with E-state index in [0.717, 1.165) is 34.0 Å². The smallest absolute Gasteiger partial charge is 0.290 e. The van der Waals surface area contributed by atoms with E-state index in [4.69, 9.17) is 4.74 Å². The fraction of sp³-hybridized carbons (Fsp3) is 0.0500. The maximum Gasteiger partial charge on any atom is 0.290 e. The summed E-state index contributed by atoms with van der Waals surface area (Å²) in [6, 6.07) is 19.4. The molecule has 1 aliphatic heterocycles. The van der Waals surface area contributed by atoms with E-state index in [-0.39, 0.29) is 11.1 Å². The van der Waals surface area contributed by atoms with Gasteiger partial charge in [-0.25, -0.2) is 4.98 Å². The van der Waals surface area contributed by atoms with Crippen molar-refractivity contribution in [2.24, 2.45) is 0 Å². The Kier molecular flexibility index (Phi) is 4.41. The Morgan fingerprint density at radius 2 is 1.88 bits per heavy atom. The summed E-state index contributed by atoms with van der Waals surface area (Å²) in [5.41, 5.74) is 2.53. The van der Waals surface area contributed by atoms with Crippen LogP contribution in [0.5, 0.6) is 5.75 Å². The predicted molar refractivity (Wildman–Crippen MR) is 102 cm³/mol. The number of rotatable bonds is 4. The topological polar surface area (TPSA) is 68.3 Å². The average molecular weight is 362 g/mol. The van der Waals surface area contributed by atoms with Gasteiger partial charge in [-0.05, 0) is 47.7 Å². The number of nitrogens with zero attached hydrogens (tertiary/aromatic N) is 1. The first kappa shape index (κ1) is 16.4. The van der Waals surface area contributed by atoms with Gasteiger partial charge in [0.05, 0.1) is 16.1 Å². The van der Waals surface area contributed by atoms with E-state index in [2.05, 4.69) is 10.3 Å². The fourth-order valence-corrected chi connectivity index (χ4v) is 3.25. The summed E-state index contributed by atoms with van der Waals surface area (Å²) in [5.74, 6) is 0.386. The van der Waals surface area contributed by atoms with Crippen LogP contribution in [-0.2, 0) is 11.4 Å². The van der Waals surface area contributed by atoms with Crippen molar-refractivity contribution >= 4 is 39.9 Å². The molecule has 2 aromatic carbocycles. The lowest BCUT2D eigenvalue weighted by atomic mass is 10.2. The standard InChI is InChI=1S/C20H14N2O3S/c23-19-18(26-20(24)22-19)11-15-7-6-14-10-16(8-9-17(14)21-15)25-12-13-4-2-1-3-5-13/h1-11H,12H2,(H,22,23,24)/b18-11+. The zero-order chi connectivity index (χ0) is 17.9. The van der Waals surface area contributed by atoms with Crippen LogP contribution in [0.2, 0.25) is 0 Å². The summed E-state index contributed by atoms with van der Waals surface area (Å²) in [7, 11) is 0. The van der Waals surface area contributed by atoms with Crippen molar-refractivity contribution < 1.29 is 14.3 Å². The first-order chi connectivity index (χ1) is 12.7. The van der Waals surface area contributed by atoms with Crippen LogP contribution in [0.25, 0.3) is 17.0 Å². The molecule has 1 N–H and O–H groups in total. The third-order valence-electron chi connectivity index (χ3n) is 3.85. The predicted octanol–water partition coefficient (Wildman–Crippen LogP) is 4.14. The summed E-state index contributed by atoms with van der Waals surface area (Å²) >= 11 is 0.882. The van der Waals surface area contributed by atoms with Crippen molar-refractivity contribution in [3.8, 4) is 5.75 Å². The van der Waals surface area contributed by atoms with Crippen molar-refractivity contribution in [3.63, 3.8) is 0 Å². The van der Waals surface area contributed by atoms with Crippen LogP contribution in [0.3, 0.4) is 0 Å². The molecule has 6 heteroatoms. The third kappa shape index (κ3) is 3.60. The molecule has 26 heavy (non-hydrogen) atoms. The van der Waals surface area contributed by atoms with E-state index >= 15 is 0 Å². The summed E-state index contributed by atoms with van der Waals surface area (Å²) < 4.78 is 5.83. The van der Waals surface area contributed by atoms with E-state index in [1.165, 1.54) is 0 Å². The van der Waals surface area contributed by atoms with Crippen LogP contribution in [0.15, 0.2) is 65.6 Å². The van der Waals surface area contributed by atoms with E-state index in [9.17, 15) is 9.59 Å². The number of pyridine rings is 1. The van der Waals surface area contributed by atoms with Crippen molar-refractivity contribution in [2.45, 2.75) is 6.61 Å². The van der Waals surface area contributed by atoms with E-state index in [1.807, 2.05) is 60.7 Å². The van der Waals surface area contributed by atoms with Gasteiger partial charge in [-0.3, -0.25) is 14.9 Å². The molecule has 2 heterocycles. The molecule has 0 unspecified atom stereocenters. The monoisotopic (exact) mass is 362 g/mol. The molecule has 0 aliphatic carbocycles. The Labute approximate surface area is 154 Å². The fourth-order valence-electron chi connectivity index (χ4n) is 2.59. The average Bonchev–Trinajstić information content (AvgIpc) is 2.97. The number of benzene rings is 2. The number of nitrogens with one attached hydrogen (secondary N) is 1. The van der Waals surface area contributed by atoms with Gasteiger partial charge < -0.3 is 4.74 Å². The molecule has 0 atom stereocenters. The summed E-state index contributed by atoms with van der Waals surface area (Å²) in [4.78, 5) is 27.7. The van der Waals surface area contributed by atoms with Crippen LogP contribution < -0.4 is 10.1 Å². The second kappa shape index (κ2) is 7.01. The van der Waals surface area contributed by atoms with Gasteiger partial charge in [-0.15, -0.1) is 0 Å². The largest absolute Gasteiger partial charge is 0.489 e. The quantitative estimate of drug-likeness (QED) is 0.707. The first-order valence-corrected chi connectivity index (χ1v) is 8.81. The molecular formula is C20H14N2O3S. The van der Waals surface area contributed by atoms with Gasteiger partial charge in [-0.1, -0.05) is 36.4 Å². The number of fused-ring (bicyclic) bond motifs is 1. The van der Waals surface area contributed by atoms with Gasteiger partial charge in [-0.2, -0.15) is 0 Å². The lowest BCUT2D eigenvalue weighted by Crippen LogP contribution is -2.17. The lowest BCUT2D eigenvalue weighted by molar-refractivity contribution is -0.115. The molecule has 1 aliphatic rings. The maximum absolute atomic E-state index is 11.6. The molecule has 1 aromatic heterocycles. The zero-order valence-electron chi connectivity index (χ0n) is 13.6. The number of carbonyl (C=O) groups is 2. The van der Waals surface area contributed by atoms with Crippen molar-refractivity contribution in [1.82, 2.24) is 10.3 Å². The van der Waals surface area contributed by atoms with Gasteiger partial charge in [0.2, 0.25) is 0 Å². The minimum Gasteiger partial charge on any atom is -0.489 e. The molecule has 1 fully saturated rings. The van der Waals surface area contributed by atoms with E-state index in [0.29, 0.717) is 17.2 Å². The molecule has 5 nitrogen and oxygen atoms in total. The highest BCUT2D eigenvalue weighted by molar-refractivity contribution is 8.18. The number of carbonyl (C=O) groups excluding carboxylic acids is 2. The van der Waals surface area contributed by atoms with Gasteiger partial charge >= 0.3 is 0 Å². The molecule has 3 aromatic rings. The number of amides is 2. The normalized spacial score (nSPS) is 15.5. The molecule has 4 rings (SSSR count). The molecule has 128 valence electrons. The summed E-state index contributed by atoms with van der Waals surface area (Å²) in [6.07, 6.45) is 1.62. The Balaban J connectivity index is 1.54.